The fourth-order valence-electron chi connectivity index (χ4n) is 2.19. The van der Waals surface area contributed by atoms with Crippen molar-refractivity contribution in [3.8, 4) is 5.75 Å². The highest BCUT2D eigenvalue weighted by Crippen LogP contribution is 2.22. The number of aromatic amines is 1. The zero-order chi connectivity index (χ0) is 16.4. The lowest BCUT2D eigenvalue weighted by Crippen LogP contribution is -2.09. The molecular weight excluding hydrogens is 316 g/mol. The molecule has 0 aliphatic heterocycles. The third-order valence-corrected chi connectivity index (χ3v) is 3.42. The van der Waals surface area contributed by atoms with Crippen molar-refractivity contribution in [1.29, 1.82) is 0 Å². The molecule has 6 heteroatoms. The lowest BCUT2D eigenvalue weighted by molar-refractivity contribution is -0.114. The van der Waals surface area contributed by atoms with Crippen molar-refractivity contribution in [1.82, 2.24) is 4.98 Å². The van der Waals surface area contributed by atoms with Crippen molar-refractivity contribution in [2.45, 2.75) is 6.92 Å². The van der Waals surface area contributed by atoms with Crippen molar-refractivity contribution in [2.75, 3.05) is 5.32 Å². The van der Waals surface area contributed by atoms with Crippen LogP contribution in [-0.4, -0.2) is 16.9 Å². The van der Waals surface area contributed by atoms with Gasteiger partial charge in [-0.05, 0) is 48.5 Å². The largest absolute Gasteiger partial charge is 0.422 e. The molecule has 3 rings (SSSR count). The topological polar surface area (TPSA) is 71.2 Å². The van der Waals surface area contributed by atoms with Crippen molar-refractivity contribution in [2.24, 2.45) is 0 Å². The maximum absolute atomic E-state index is 12.2. The molecule has 0 saturated heterocycles. The number of benzene rings is 2. The van der Waals surface area contributed by atoms with E-state index in [0.717, 1.165) is 10.9 Å². The van der Waals surface area contributed by atoms with Crippen molar-refractivity contribution in [3.05, 3.63) is 59.2 Å². The minimum absolute atomic E-state index is 0.161. The zero-order valence-electron chi connectivity index (χ0n) is 12.2. The van der Waals surface area contributed by atoms with Crippen LogP contribution in [0.3, 0.4) is 0 Å². The Morgan fingerprint density at radius 2 is 1.83 bits per heavy atom. The number of carbonyl (C=O) groups excluding carboxylic acids is 2. The van der Waals surface area contributed by atoms with Gasteiger partial charge in [-0.15, -0.1) is 0 Å². The molecular formula is C17H13ClN2O3. The van der Waals surface area contributed by atoms with E-state index in [1.54, 1.807) is 48.5 Å². The Kier molecular flexibility index (Phi) is 4.04. The SMILES string of the molecule is CC(=O)Nc1ccc(OC(=O)c2cc3cc(Cl)ccc3[nH]2)cc1. The van der Waals surface area contributed by atoms with E-state index in [9.17, 15) is 9.59 Å². The lowest BCUT2D eigenvalue weighted by atomic mass is 10.2. The van der Waals surface area contributed by atoms with Crippen molar-refractivity contribution >= 4 is 40.1 Å². The number of hydrogen-bond acceptors (Lipinski definition) is 3. The maximum atomic E-state index is 12.2. The Labute approximate surface area is 137 Å². The smallest absolute Gasteiger partial charge is 0.360 e. The van der Waals surface area contributed by atoms with Gasteiger partial charge in [0, 0.05) is 28.5 Å². The molecule has 0 unspecified atom stereocenters. The number of nitrogens with one attached hydrogen (secondary N) is 2. The Balaban J connectivity index is 1.76. The van der Waals surface area contributed by atoms with Crippen molar-refractivity contribution in [3.63, 3.8) is 0 Å². The Bertz CT molecular complexity index is 884. The third kappa shape index (κ3) is 3.52. The van der Waals surface area contributed by atoms with E-state index < -0.39 is 5.97 Å². The second kappa shape index (κ2) is 6.14. The molecule has 0 aliphatic carbocycles. The van der Waals surface area contributed by atoms with E-state index in [-0.39, 0.29) is 5.91 Å². The summed E-state index contributed by atoms with van der Waals surface area (Å²) < 4.78 is 5.30. The van der Waals surface area contributed by atoms with Crippen LogP contribution in [0.2, 0.25) is 5.02 Å². The standard InChI is InChI=1S/C17H13ClN2O3/c1-10(21)19-13-3-5-14(6-4-13)23-17(22)16-9-11-8-12(18)2-7-15(11)20-16/h2-9,20H,1H3,(H,19,21). The Hall–Kier alpha value is -2.79. The van der Waals surface area contributed by atoms with Crippen LogP contribution in [0.5, 0.6) is 5.75 Å². The third-order valence-electron chi connectivity index (χ3n) is 3.19. The van der Waals surface area contributed by atoms with E-state index in [1.165, 1.54) is 6.92 Å². The molecule has 1 heterocycles. The maximum Gasteiger partial charge on any atom is 0.360 e. The fourth-order valence-corrected chi connectivity index (χ4v) is 2.37. The summed E-state index contributed by atoms with van der Waals surface area (Å²) in [5.74, 6) is -0.267. The second-order valence-electron chi connectivity index (χ2n) is 5.01. The number of esters is 1. The lowest BCUT2D eigenvalue weighted by Gasteiger charge is -2.05. The summed E-state index contributed by atoms with van der Waals surface area (Å²) in [4.78, 5) is 26.1. The zero-order valence-corrected chi connectivity index (χ0v) is 13.0. The van der Waals surface area contributed by atoms with Crippen LogP contribution >= 0.6 is 11.6 Å². The fraction of sp³-hybridized carbons (Fsp3) is 0.0588. The number of amides is 1. The van der Waals surface area contributed by atoms with Crippen molar-refractivity contribution < 1.29 is 14.3 Å². The van der Waals surface area contributed by atoms with Crippen LogP contribution in [0.1, 0.15) is 17.4 Å². The number of H-pyrrole nitrogens is 1. The van der Waals surface area contributed by atoms with Crippen LogP contribution in [0.25, 0.3) is 10.9 Å². The predicted octanol–water partition coefficient (Wildman–Crippen LogP) is 4.00. The van der Waals surface area contributed by atoms with Crippen LogP contribution in [0.15, 0.2) is 48.5 Å². The number of hydrogen-bond donors (Lipinski definition) is 2. The minimum Gasteiger partial charge on any atom is -0.422 e. The molecule has 23 heavy (non-hydrogen) atoms. The van der Waals surface area contributed by atoms with Crippen LogP contribution in [0, 0.1) is 0 Å². The molecule has 0 aliphatic rings. The first kappa shape index (κ1) is 15.1. The molecule has 2 aromatic carbocycles. The Morgan fingerprint density at radius 3 is 2.52 bits per heavy atom. The molecule has 116 valence electrons. The van der Waals surface area contributed by atoms with Gasteiger partial charge >= 0.3 is 5.97 Å². The number of ether oxygens (including phenoxy) is 1. The van der Waals surface area contributed by atoms with Gasteiger partial charge in [-0.1, -0.05) is 11.6 Å². The molecule has 3 aromatic rings. The number of carbonyl (C=O) groups is 2. The predicted molar refractivity (Wildman–Crippen MR) is 89.0 cm³/mol. The average molecular weight is 329 g/mol. The van der Waals surface area contributed by atoms with Gasteiger partial charge in [0.05, 0.1) is 0 Å². The average Bonchev–Trinajstić information content (AvgIpc) is 2.92. The molecule has 0 atom stereocenters. The minimum atomic E-state index is -0.496. The highest BCUT2D eigenvalue weighted by atomic mass is 35.5. The number of fused-ring (bicyclic) bond motifs is 1. The molecule has 5 nitrogen and oxygen atoms in total. The van der Waals surface area contributed by atoms with Gasteiger partial charge in [0.2, 0.25) is 5.91 Å². The number of anilines is 1. The molecule has 1 amide bonds. The van der Waals surface area contributed by atoms with Gasteiger partial charge in [-0.3, -0.25) is 4.79 Å². The molecule has 0 radical (unpaired) electrons. The van der Waals surface area contributed by atoms with E-state index in [0.29, 0.717) is 22.2 Å². The van der Waals surface area contributed by atoms with Gasteiger partial charge in [0.15, 0.2) is 0 Å². The van der Waals surface area contributed by atoms with Gasteiger partial charge in [0.1, 0.15) is 11.4 Å². The highest BCUT2D eigenvalue weighted by molar-refractivity contribution is 6.31. The van der Waals surface area contributed by atoms with E-state index in [4.69, 9.17) is 16.3 Å². The number of halogens is 1. The van der Waals surface area contributed by atoms with E-state index >= 15 is 0 Å². The molecule has 0 saturated carbocycles. The van der Waals surface area contributed by atoms with Crippen LogP contribution in [0.4, 0.5) is 5.69 Å². The second-order valence-corrected chi connectivity index (χ2v) is 5.45. The van der Waals surface area contributed by atoms with E-state index in [2.05, 4.69) is 10.3 Å². The number of aromatic nitrogens is 1. The summed E-state index contributed by atoms with van der Waals surface area (Å²) in [6, 6.07) is 13.6. The monoisotopic (exact) mass is 328 g/mol. The molecule has 1 aromatic heterocycles. The molecule has 0 spiro atoms. The first-order valence-electron chi connectivity index (χ1n) is 6.89. The summed E-state index contributed by atoms with van der Waals surface area (Å²) in [6.07, 6.45) is 0. The van der Waals surface area contributed by atoms with Gasteiger partial charge in [0.25, 0.3) is 0 Å². The van der Waals surface area contributed by atoms with Crippen LogP contribution < -0.4 is 10.1 Å². The summed E-state index contributed by atoms with van der Waals surface area (Å²) >= 11 is 5.93. The summed E-state index contributed by atoms with van der Waals surface area (Å²) in [5.41, 5.74) is 1.79. The first-order valence-corrected chi connectivity index (χ1v) is 7.27. The van der Waals surface area contributed by atoms with Gasteiger partial charge in [-0.25, -0.2) is 4.79 Å². The summed E-state index contributed by atoms with van der Waals surface area (Å²) in [7, 11) is 0. The van der Waals surface area contributed by atoms with E-state index in [1.807, 2.05) is 0 Å². The van der Waals surface area contributed by atoms with Crippen LogP contribution in [-0.2, 0) is 4.79 Å². The molecule has 0 bridgehead atoms. The summed E-state index contributed by atoms with van der Waals surface area (Å²) in [6.45, 7) is 1.43. The summed E-state index contributed by atoms with van der Waals surface area (Å²) in [5, 5.41) is 4.08. The normalized spacial score (nSPS) is 10.5. The molecule has 2 N–H and O–H groups in total. The molecule has 0 fully saturated rings. The Morgan fingerprint density at radius 1 is 1.09 bits per heavy atom. The van der Waals surface area contributed by atoms with Gasteiger partial charge < -0.3 is 15.0 Å². The van der Waals surface area contributed by atoms with Gasteiger partial charge in [-0.2, -0.15) is 0 Å². The highest BCUT2D eigenvalue weighted by Gasteiger charge is 2.12. The quantitative estimate of drug-likeness (QED) is 0.564. The number of rotatable bonds is 3. The first-order chi connectivity index (χ1) is 11.0.